The summed E-state index contributed by atoms with van der Waals surface area (Å²) in [6.45, 7) is 2.22. The van der Waals surface area contributed by atoms with Crippen LogP contribution in [0.4, 0.5) is 0 Å². The molecule has 0 radical (unpaired) electrons. The molecule has 0 aliphatic carbocycles. The van der Waals surface area contributed by atoms with Crippen molar-refractivity contribution in [2.24, 2.45) is 0 Å². The van der Waals surface area contributed by atoms with Crippen LogP contribution < -0.4 is 0 Å². The molecule has 0 aromatic rings. The molecule has 1 heterocycles. The molecule has 4 N–H and O–H groups in total. The lowest BCUT2D eigenvalue weighted by Gasteiger charge is -2.39. The second-order valence-electron chi connectivity index (χ2n) is 6.40. The molecular weight excluding hydrogens is 300 g/mol. The molecule has 1 aliphatic rings. The maximum Gasteiger partial charge on any atom is 0.186 e. The Hall–Kier alpha value is -0.240. The van der Waals surface area contributed by atoms with Gasteiger partial charge in [-0.25, -0.2) is 0 Å². The van der Waals surface area contributed by atoms with Crippen LogP contribution in [0.2, 0.25) is 0 Å². The van der Waals surface area contributed by atoms with Gasteiger partial charge in [0.1, 0.15) is 24.4 Å². The van der Waals surface area contributed by atoms with Crippen LogP contribution in [0, 0.1) is 0 Å². The van der Waals surface area contributed by atoms with E-state index in [0.717, 1.165) is 12.8 Å². The summed E-state index contributed by atoms with van der Waals surface area (Å²) in [7, 11) is 0. The van der Waals surface area contributed by atoms with E-state index >= 15 is 0 Å². The molecule has 1 fully saturated rings. The third-order valence-electron chi connectivity index (χ3n) is 4.38. The van der Waals surface area contributed by atoms with Crippen LogP contribution in [0.1, 0.15) is 64.7 Å². The lowest BCUT2D eigenvalue weighted by atomic mass is 9.99. The summed E-state index contributed by atoms with van der Waals surface area (Å²) < 4.78 is 10.7. The fourth-order valence-electron chi connectivity index (χ4n) is 2.82. The van der Waals surface area contributed by atoms with E-state index in [1.54, 1.807) is 0 Å². The number of hydrogen-bond acceptors (Lipinski definition) is 6. The molecule has 0 aromatic carbocycles. The van der Waals surface area contributed by atoms with Gasteiger partial charge in [0.05, 0.1) is 6.61 Å². The molecule has 0 unspecified atom stereocenters. The van der Waals surface area contributed by atoms with E-state index in [1.807, 2.05) is 0 Å². The van der Waals surface area contributed by atoms with E-state index in [2.05, 4.69) is 6.92 Å². The van der Waals surface area contributed by atoms with Gasteiger partial charge in [0, 0.05) is 6.61 Å². The number of hydrogen-bond donors (Lipinski definition) is 4. The second kappa shape index (κ2) is 12.2. The fraction of sp³-hybridized carbons (Fsp3) is 1.00. The lowest BCUT2D eigenvalue weighted by Crippen LogP contribution is -2.59. The summed E-state index contributed by atoms with van der Waals surface area (Å²) in [6.07, 6.45) is 4.97. The van der Waals surface area contributed by atoms with Gasteiger partial charge in [-0.05, 0) is 6.42 Å². The predicted octanol–water partition coefficient (Wildman–Crippen LogP) is 1.33. The Kier molecular flexibility index (Phi) is 11.0. The number of aliphatic hydroxyl groups is 4. The molecule has 0 bridgehead atoms. The minimum atomic E-state index is -1.37. The first kappa shape index (κ1) is 20.8. The Balaban J connectivity index is 2.06. The maximum atomic E-state index is 9.82. The van der Waals surface area contributed by atoms with Crippen molar-refractivity contribution in [2.75, 3.05) is 13.2 Å². The monoisotopic (exact) mass is 334 g/mol. The molecule has 1 rings (SSSR count). The number of ether oxygens (including phenoxy) is 2. The maximum absolute atomic E-state index is 9.82. The molecule has 0 saturated carbocycles. The summed E-state index contributed by atoms with van der Waals surface area (Å²) in [4.78, 5) is 0. The van der Waals surface area contributed by atoms with Crippen molar-refractivity contribution < 1.29 is 29.9 Å². The first-order valence-corrected chi connectivity index (χ1v) is 9.04. The van der Waals surface area contributed by atoms with E-state index in [9.17, 15) is 15.3 Å². The molecule has 1 saturated heterocycles. The Morgan fingerprint density at radius 3 is 1.91 bits per heavy atom. The van der Waals surface area contributed by atoms with Crippen LogP contribution in [0.3, 0.4) is 0 Å². The molecule has 0 aromatic heterocycles. The summed E-state index contributed by atoms with van der Waals surface area (Å²) in [5.41, 5.74) is 0. The van der Waals surface area contributed by atoms with Crippen LogP contribution in [0.5, 0.6) is 0 Å². The summed E-state index contributed by atoms with van der Waals surface area (Å²) in [6, 6.07) is 0. The van der Waals surface area contributed by atoms with Gasteiger partial charge in [-0.3, -0.25) is 0 Å². The minimum Gasteiger partial charge on any atom is -0.394 e. The zero-order chi connectivity index (χ0) is 17.1. The van der Waals surface area contributed by atoms with E-state index < -0.39 is 37.3 Å². The first-order valence-electron chi connectivity index (χ1n) is 9.04. The smallest absolute Gasteiger partial charge is 0.186 e. The number of rotatable bonds is 12. The molecule has 5 atom stereocenters. The molecule has 23 heavy (non-hydrogen) atoms. The van der Waals surface area contributed by atoms with Crippen LogP contribution in [-0.4, -0.2) is 64.3 Å². The van der Waals surface area contributed by atoms with E-state index in [-0.39, 0.29) is 0 Å². The standard InChI is InChI=1S/C17H34O6/c1-2-3-4-5-6-7-8-9-10-11-22-17-16(21)15(20)14(19)13(12-18)23-17/h13-21H,2-12H2,1H3/t13-,14-,15+,16-,17+/m0/s1. The van der Waals surface area contributed by atoms with Gasteiger partial charge in [0.25, 0.3) is 0 Å². The van der Waals surface area contributed by atoms with Crippen molar-refractivity contribution in [3.63, 3.8) is 0 Å². The average molecular weight is 334 g/mol. The third-order valence-corrected chi connectivity index (χ3v) is 4.38. The summed E-state index contributed by atoms with van der Waals surface area (Å²) in [5.74, 6) is 0. The highest BCUT2D eigenvalue weighted by atomic mass is 16.7. The van der Waals surface area contributed by atoms with E-state index in [1.165, 1.54) is 44.9 Å². The molecule has 6 heteroatoms. The zero-order valence-corrected chi connectivity index (χ0v) is 14.3. The molecule has 138 valence electrons. The molecule has 6 nitrogen and oxygen atoms in total. The van der Waals surface area contributed by atoms with Crippen LogP contribution in [0.15, 0.2) is 0 Å². The first-order chi connectivity index (χ1) is 11.1. The van der Waals surface area contributed by atoms with Crippen LogP contribution in [0.25, 0.3) is 0 Å². The molecule has 0 amide bonds. The normalized spacial score (nSPS) is 31.4. The molecule has 1 aliphatic heterocycles. The van der Waals surface area contributed by atoms with Crippen molar-refractivity contribution in [1.29, 1.82) is 0 Å². The van der Waals surface area contributed by atoms with Gasteiger partial charge in [0.2, 0.25) is 0 Å². The van der Waals surface area contributed by atoms with Crippen molar-refractivity contribution in [3.8, 4) is 0 Å². The van der Waals surface area contributed by atoms with E-state index in [0.29, 0.717) is 6.61 Å². The van der Waals surface area contributed by atoms with Crippen LogP contribution >= 0.6 is 0 Å². The van der Waals surface area contributed by atoms with E-state index in [4.69, 9.17) is 14.6 Å². The summed E-state index contributed by atoms with van der Waals surface area (Å²) in [5, 5.41) is 38.2. The third kappa shape index (κ3) is 7.45. The number of unbranched alkanes of at least 4 members (excludes halogenated alkanes) is 8. The Morgan fingerprint density at radius 2 is 1.35 bits per heavy atom. The highest BCUT2D eigenvalue weighted by Gasteiger charge is 2.43. The fourth-order valence-corrected chi connectivity index (χ4v) is 2.82. The largest absolute Gasteiger partial charge is 0.394 e. The van der Waals surface area contributed by atoms with Crippen molar-refractivity contribution in [2.45, 2.75) is 95.4 Å². The average Bonchev–Trinajstić information content (AvgIpc) is 2.56. The lowest BCUT2D eigenvalue weighted by molar-refractivity contribution is -0.301. The van der Waals surface area contributed by atoms with Gasteiger partial charge in [-0.1, -0.05) is 58.3 Å². The SMILES string of the molecule is CCCCCCCCCCCO[C@@H]1O[C@@H](CO)[C@H](O)[C@@H](O)[C@@H]1O. The highest BCUT2D eigenvalue weighted by Crippen LogP contribution is 2.22. The second-order valence-corrected chi connectivity index (χ2v) is 6.40. The van der Waals surface area contributed by atoms with Gasteiger partial charge >= 0.3 is 0 Å². The predicted molar refractivity (Wildman–Crippen MR) is 86.9 cm³/mol. The number of aliphatic hydroxyl groups excluding tert-OH is 4. The van der Waals surface area contributed by atoms with Gasteiger partial charge in [0.15, 0.2) is 6.29 Å². The zero-order valence-electron chi connectivity index (χ0n) is 14.3. The van der Waals surface area contributed by atoms with Crippen molar-refractivity contribution in [1.82, 2.24) is 0 Å². The Labute approximate surface area is 139 Å². The Morgan fingerprint density at radius 1 is 0.783 bits per heavy atom. The summed E-state index contributed by atoms with van der Waals surface area (Å²) >= 11 is 0. The topological polar surface area (TPSA) is 99.4 Å². The Bertz CT molecular complexity index is 286. The molecular formula is C17H34O6. The van der Waals surface area contributed by atoms with Gasteiger partial charge in [-0.2, -0.15) is 0 Å². The molecule has 0 spiro atoms. The van der Waals surface area contributed by atoms with Gasteiger partial charge < -0.3 is 29.9 Å². The van der Waals surface area contributed by atoms with Crippen LogP contribution in [-0.2, 0) is 9.47 Å². The minimum absolute atomic E-state index is 0.428. The van der Waals surface area contributed by atoms with Crippen molar-refractivity contribution in [3.05, 3.63) is 0 Å². The quantitative estimate of drug-likeness (QED) is 0.402. The van der Waals surface area contributed by atoms with Gasteiger partial charge in [-0.15, -0.1) is 0 Å². The highest BCUT2D eigenvalue weighted by molar-refractivity contribution is 4.88. The van der Waals surface area contributed by atoms with Crippen molar-refractivity contribution >= 4 is 0 Å².